The monoisotopic (exact) mass is 454 g/mol. The quantitative estimate of drug-likeness (QED) is 0.202. The van der Waals surface area contributed by atoms with Crippen LogP contribution >= 0.6 is 0 Å². The molecule has 0 unspecified atom stereocenters. The van der Waals surface area contributed by atoms with Crippen molar-refractivity contribution >= 4 is 23.8 Å². The number of hydrogen-bond donors (Lipinski definition) is 0. The first kappa shape index (κ1) is 25.8. The van der Waals surface area contributed by atoms with Gasteiger partial charge in [0, 0.05) is 37.6 Å². The van der Waals surface area contributed by atoms with E-state index in [1.165, 1.54) is 12.0 Å². The summed E-state index contributed by atoms with van der Waals surface area (Å²) in [6.45, 7) is 8.14. The predicted molar refractivity (Wildman–Crippen MR) is 113 cm³/mol. The third-order valence-corrected chi connectivity index (χ3v) is 5.37. The molecule has 0 aromatic rings. The van der Waals surface area contributed by atoms with Crippen LogP contribution in [0, 0.1) is 5.92 Å². The number of morpholine rings is 1. The molecule has 2 fully saturated rings. The molecule has 2 aliphatic heterocycles. The van der Waals surface area contributed by atoms with E-state index in [-0.39, 0.29) is 31.4 Å². The highest BCUT2D eigenvalue weighted by molar-refractivity contribution is 5.92. The summed E-state index contributed by atoms with van der Waals surface area (Å²) in [4.78, 5) is 52.0. The number of unbranched alkanes of at least 4 members (excludes halogenated alkanes) is 1. The Bertz CT molecular complexity index is 687. The summed E-state index contributed by atoms with van der Waals surface area (Å²) in [5.41, 5.74) is 0. The third kappa shape index (κ3) is 8.23. The van der Waals surface area contributed by atoms with Crippen molar-refractivity contribution in [1.82, 2.24) is 9.80 Å². The lowest BCUT2D eigenvalue weighted by atomic mass is 10.1. The molecule has 0 aromatic heterocycles. The molecule has 2 heterocycles. The van der Waals surface area contributed by atoms with Crippen molar-refractivity contribution < 1.29 is 38.1 Å². The van der Waals surface area contributed by atoms with Crippen LogP contribution < -0.4 is 0 Å². The number of methoxy groups -OCH3 is 1. The lowest BCUT2D eigenvalue weighted by molar-refractivity contribution is -0.154. The number of ether oxygens (including phenoxy) is 4. The summed E-state index contributed by atoms with van der Waals surface area (Å²) < 4.78 is 20.5. The van der Waals surface area contributed by atoms with Gasteiger partial charge in [0.1, 0.15) is 12.1 Å². The molecule has 10 heteroatoms. The van der Waals surface area contributed by atoms with Crippen molar-refractivity contribution in [3.8, 4) is 0 Å². The Morgan fingerprint density at radius 1 is 1.06 bits per heavy atom. The summed E-state index contributed by atoms with van der Waals surface area (Å²) in [6.07, 6.45) is 3.04. The molecule has 2 rings (SSSR count). The van der Waals surface area contributed by atoms with Crippen LogP contribution in [0.25, 0.3) is 0 Å². The van der Waals surface area contributed by atoms with Gasteiger partial charge in [-0.25, -0.2) is 14.4 Å². The lowest BCUT2D eigenvalue weighted by Gasteiger charge is -2.26. The van der Waals surface area contributed by atoms with E-state index in [0.717, 1.165) is 57.8 Å². The Morgan fingerprint density at radius 2 is 1.75 bits per heavy atom. The van der Waals surface area contributed by atoms with Gasteiger partial charge in [0.2, 0.25) is 5.91 Å². The fraction of sp³-hybridized carbons (Fsp3) is 0.727. The molecule has 0 radical (unpaired) electrons. The highest BCUT2D eigenvalue weighted by Crippen LogP contribution is 2.24. The van der Waals surface area contributed by atoms with Crippen LogP contribution in [-0.4, -0.2) is 98.9 Å². The van der Waals surface area contributed by atoms with E-state index < -0.39 is 30.1 Å². The highest BCUT2D eigenvalue weighted by atomic mass is 16.6. The molecule has 0 aromatic carbocycles. The summed E-state index contributed by atoms with van der Waals surface area (Å²) in [7, 11) is 1.20. The minimum Gasteiger partial charge on any atom is -0.466 e. The second-order valence-electron chi connectivity index (χ2n) is 8.14. The minimum atomic E-state index is -0.800. The molecule has 2 atom stereocenters. The van der Waals surface area contributed by atoms with Gasteiger partial charge in [0.05, 0.1) is 33.5 Å². The van der Waals surface area contributed by atoms with E-state index in [9.17, 15) is 19.2 Å². The van der Waals surface area contributed by atoms with E-state index in [2.05, 4.69) is 9.64 Å². The van der Waals surface area contributed by atoms with Crippen LogP contribution in [0.1, 0.15) is 33.1 Å². The summed E-state index contributed by atoms with van der Waals surface area (Å²) in [5.74, 6) is -2.43. The predicted octanol–water partition coefficient (Wildman–Crippen LogP) is 0.540. The van der Waals surface area contributed by atoms with Crippen molar-refractivity contribution in [3.05, 3.63) is 12.2 Å². The smallest absolute Gasteiger partial charge is 0.331 e. The molecule has 0 aliphatic carbocycles. The molecule has 32 heavy (non-hydrogen) atoms. The van der Waals surface area contributed by atoms with Crippen molar-refractivity contribution in [1.29, 1.82) is 0 Å². The molecule has 0 saturated carbocycles. The molecule has 1 amide bonds. The molecule has 2 aliphatic rings. The van der Waals surface area contributed by atoms with Gasteiger partial charge >= 0.3 is 17.9 Å². The molecule has 0 spiro atoms. The topological polar surface area (TPSA) is 112 Å². The molecular formula is C22H34N2O8. The molecule has 0 bridgehead atoms. The first-order chi connectivity index (χ1) is 15.3. The Morgan fingerprint density at radius 3 is 2.41 bits per heavy atom. The van der Waals surface area contributed by atoms with Crippen LogP contribution in [0.15, 0.2) is 12.2 Å². The number of rotatable bonds is 10. The normalized spacial score (nSPS) is 21.7. The summed E-state index contributed by atoms with van der Waals surface area (Å²) >= 11 is 0. The number of carbonyl (C=O) groups is 4. The van der Waals surface area contributed by atoms with E-state index in [4.69, 9.17) is 14.2 Å². The van der Waals surface area contributed by atoms with Crippen molar-refractivity contribution in [2.24, 2.45) is 5.92 Å². The minimum absolute atomic E-state index is 0.103. The number of likely N-dealkylation sites (tertiary alicyclic amines) is 1. The van der Waals surface area contributed by atoms with Crippen LogP contribution in [0.4, 0.5) is 0 Å². The van der Waals surface area contributed by atoms with Crippen LogP contribution in [0.5, 0.6) is 0 Å². The van der Waals surface area contributed by atoms with Gasteiger partial charge in [-0.3, -0.25) is 9.69 Å². The standard InChI is InChI=1S/C22H34N2O8/c1-16(2)21(27)24-15-17(32-20(26)7-6-19(25)29-3)14-18(24)22(28)31-11-5-4-8-23-9-12-30-13-10-23/h6-7,16-18H,4-5,8-15H2,1-3H3/b7-6+/t17-,18+/m1/s1. The van der Waals surface area contributed by atoms with Gasteiger partial charge in [-0.05, 0) is 19.4 Å². The SMILES string of the molecule is COC(=O)/C=C/C(=O)O[C@@H]1C[C@@H](C(=O)OCCCCN2CCOCC2)N(C(=O)C(C)C)C1. The zero-order chi connectivity index (χ0) is 23.5. The number of hydrogen-bond acceptors (Lipinski definition) is 9. The second-order valence-corrected chi connectivity index (χ2v) is 8.14. The van der Waals surface area contributed by atoms with E-state index in [1.54, 1.807) is 13.8 Å². The average molecular weight is 455 g/mol. The third-order valence-electron chi connectivity index (χ3n) is 5.37. The fourth-order valence-electron chi connectivity index (χ4n) is 3.62. The van der Waals surface area contributed by atoms with Gasteiger partial charge in [-0.2, -0.15) is 0 Å². The van der Waals surface area contributed by atoms with E-state index >= 15 is 0 Å². The Kier molecular flexibility index (Phi) is 10.6. The largest absolute Gasteiger partial charge is 0.466 e. The number of carbonyl (C=O) groups excluding carboxylic acids is 4. The molecule has 180 valence electrons. The van der Waals surface area contributed by atoms with Crippen LogP contribution in [0.3, 0.4) is 0 Å². The van der Waals surface area contributed by atoms with Gasteiger partial charge in [0.25, 0.3) is 0 Å². The van der Waals surface area contributed by atoms with Gasteiger partial charge in [-0.1, -0.05) is 13.8 Å². The summed E-state index contributed by atoms with van der Waals surface area (Å²) in [6, 6.07) is -0.800. The first-order valence-electron chi connectivity index (χ1n) is 11.1. The van der Waals surface area contributed by atoms with Crippen LogP contribution in [-0.2, 0) is 38.1 Å². The van der Waals surface area contributed by atoms with E-state index in [0.29, 0.717) is 0 Å². The van der Waals surface area contributed by atoms with Crippen molar-refractivity contribution in [2.75, 3.05) is 53.1 Å². The Balaban J connectivity index is 1.83. The molecular weight excluding hydrogens is 420 g/mol. The van der Waals surface area contributed by atoms with Gasteiger partial charge in [-0.15, -0.1) is 0 Å². The maximum Gasteiger partial charge on any atom is 0.331 e. The van der Waals surface area contributed by atoms with Crippen molar-refractivity contribution in [3.63, 3.8) is 0 Å². The number of amides is 1. The fourth-order valence-corrected chi connectivity index (χ4v) is 3.62. The first-order valence-corrected chi connectivity index (χ1v) is 11.1. The summed E-state index contributed by atoms with van der Waals surface area (Å²) in [5, 5.41) is 0. The highest BCUT2D eigenvalue weighted by Gasteiger charge is 2.42. The van der Waals surface area contributed by atoms with E-state index in [1.807, 2.05) is 0 Å². The lowest BCUT2D eigenvalue weighted by Crippen LogP contribution is -2.43. The zero-order valence-corrected chi connectivity index (χ0v) is 19.1. The molecule has 10 nitrogen and oxygen atoms in total. The number of nitrogens with zero attached hydrogens (tertiary/aromatic N) is 2. The van der Waals surface area contributed by atoms with Crippen molar-refractivity contribution in [2.45, 2.75) is 45.3 Å². The maximum absolute atomic E-state index is 12.7. The van der Waals surface area contributed by atoms with Gasteiger partial charge in [0.15, 0.2) is 0 Å². The zero-order valence-electron chi connectivity index (χ0n) is 19.1. The Labute approximate surface area is 188 Å². The number of esters is 3. The Hall–Kier alpha value is -2.46. The molecule has 0 N–H and O–H groups in total. The molecule has 2 saturated heterocycles. The maximum atomic E-state index is 12.7. The average Bonchev–Trinajstić information content (AvgIpc) is 3.20. The van der Waals surface area contributed by atoms with Crippen LogP contribution in [0.2, 0.25) is 0 Å². The second kappa shape index (κ2) is 13.2. The van der Waals surface area contributed by atoms with Gasteiger partial charge < -0.3 is 23.8 Å².